The van der Waals surface area contributed by atoms with Crippen LogP contribution in [0, 0.1) is 11.3 Å². The highest BCUT2D eigenvalue weighted by Gasteiger charge is 2.28. The molecule has 0 fully saturated rings. The summed E-state index contributed by atoms with van der Waals surface area (Å²) < 4.78 is 6.16. The Kier molecular flexibility index (Phi) is 2.75. The monoisotopic (exact) mass is 316 g/mol. The molecule has 1 aliphatic carbocycles. The number of nitriles is 1. The van der Waals surface area contributed by atoms with E-state index >= 15 is 0 Å². The van der Waals surface area contributed by atoms with Gasteiger partial charge in [0.25, 0.3) is 0 Å². The van der Waals surface area contributed by atoms with Crippen molar-refractivity contribution in [2.75, 3.05) is 18.0 Å². The molecular formula is C20H16N2O2. The first kappa shape index (κ1) is 13.6. The second-order valence-electron chi connectivity index (χ2n) is 6.68. The maximum Gasteiger partial charge on any atom is 0.182 e. The molecule has 4 nitrogen and oxygen atoms in total. The van der Waals surface area contributed by atoms with Gasteiger partial charge < -0.3 is 9.32 Å². The van der Waals surface area contributed by atoms with Gasteiger partial charge in [0.05, 0.1) is 5.56 Å². The Balaban J connectivity index is 1.98. The Morgan fingerprint density at radius 2 is 1.96 bits per heavy atom. The van der Waals surface area contributed by atoms with Crippen molar-refractivity contribution < 1.29 is 4.42 Å². The Labute approximate surface area is 139 Å². The highest BCUT2D eigenvalue weighted by Crippen LogP contribution is 2.43. The summed E-state index contributed by atoms with van der Waals surface area (Å²) >= 11 is 0. The van der Waals surface area contributed by atoms with E-state index in [0.717, 1.165) is 55.3 Å². The fraction of sp³-hybridized carbons (Fsp3) is 0.300. The second kappa shape index (κ2) is 4.85. The molecule has 24 heavy (non-hydrogen) atoms. The molecule has 3 heterocycles. The van der Waals surface area contributed by atoms with Crippen LogP contribution in [-0.2, 0) is 12.8 Å². The normalized spacial score (nSPS) is 16.2. The van der Waals surface area contributed by atoms with E-state index in [4.69, 9.17) is 4.42 Å². The lowest BCUT2D eigenvalue weighted by molar-refractivity contribution is 0.594. The summed E-state index contributed by atoms with van der Waals surface area (Å²) in [4.78, 5) is 14.2. The van der Waals surface area contributed by atoms with Crippen LogP contribution in [0.1, 0.15) is 29.5 Å². The lowest BCUT2D eigenvalue weighted by Gasteiger charge is -2.37. The van der Waals surface area contributed by atoms with Crippen molar-refractivity contribution in [1.82, 2.24) is 0 Å². The van der Waals surface area contributed by atoms with Crippen molar-refractivity contribution in [3.63, 3.8) is 0 Å². The maximum atomic E-state index is 11.7. The van der Waals surface area contributed by atoms with E-state index in [-0.39, 0.29) is 5.43 Å². The molecule has 0 unspecified atom stereocenters. The fourth-order valence-electron chi connectivity index (χ4n) is 4.30. The van der Waals surface area contributed by atoms with E-state index in [1.54, 1.807) is 6.07 Å². The van der Waals surface area contributed by atoms with Gasteiger partial charge in [0, 0.05) is 41.4 Å². The zero-order chi connectivity index (χ0) is 16.3. The molecule has 5 rings (SSSR count). The summed E-state index contributed by atoms with van der Waals surface area (Å²) in [7, 11) is 0. The van der Waals surface area contributed by atoms with Crippen LogP contribution in [-0.4, -0.2) is 13.1 Å². The van der Waals surface area contributed by atoms with Crippen LogP contribution in [0.15, 0.2) is 33.5 Å². The third-order valence-electron chi connectivity index (χ3n) is 5.29. The van der Waals surface area contributed by atoms with Gasteiger partial charge in [-0.25, -0.2) is 0 Å². The van der Waals surface area contributed by atoms with Crippen molar-refractivity contribution in [2.24, 2.45) is 0 Å². The van der Waals surface area contributed by atoms with Gasteiger partial charge in [-0.2, -0.15) is 5.26 Å². The Morgan fingerprint density at radius 3 is 2.79 bits per heavy atom. The van der Waals surface area contributed by atoms with E-state index in [2.05, 4.69) is 17.0 Å². The van der Waals surface area contributed by atoms with Crippen molar-refractivity contribution in [3.8, 4) is 17.4 Å². The lowest BCUT2D eigenvalue weighted by Crippen LogP contribution is -2.34. The first-order chi connectivity index (χ1) is 11.8. The van der Waals surface area contributed by atoms with E-state index in [1.165, 1.54) is 28.9 Å². The lowest BCUT2D eigenvalue weighted by atomic mass is 9.88. The van der Waals surface area contributed by atoms with Crippen LogP contribution in [0.3, 0.4) is 0 Å². The molecule has 118 valence electrons. The molecule has 4 heteroatoms. The zero-order valence-electron chi connectivity index (χ0n) is 13.3. The minimum atomic E-state index is -0.0947. The maximum absolute atomic E-state index is 11.7. The molecule has 0 spiro atoms. The van der Waals surface area contributed by atoms with E-state index in [0.29, 0.717) is 11.3 Å². The van der Waals surface area contributed by atoms with Gasteiger partial charge in [0.2, 0.25) is 0 Å². The van der Waals surface area contributed by atoms with Crippen molar-refractivity contribution in [2.45, 2.75) is 25.7 Å². The predicted octanol–water partition coefficient (Wildman–Crippen LogP) is 3.47. The number of hydrogen-bond acceptors (Lipinski definition) is 4. The minimum Gasteiger partial charge on any atom is -0.455 e. The second-order valence-corrected chi connectivity index (χ2v) is 6.68. The summed E-state index contributed by atoms with van der Waals surface area (Å²) in [6.45, 7) is 2.18. The summed E-state index contributed by atoms with van der Waals surface area (Å²) in [5.74, 6) is 0.510. The van der Waals surface area contributed by atoms with Gasteiger partial charge in [0.1, 0.15) is 17.4 Å². The quantitative estimate of drug-likeness (QED) is 0.596. The van der Waals surface area contributed by atoms with Crippen LogP contribution in [0.4, 0.5) is 5.69 Å². The fourth-order valence-corrected chi connectivity index (χ4v) is 4.30. The zero-order valence-corrected chi connectivity index (χ0v) is 13.3. The Bertz CT molecular complexity index is 1060. The number of nitrogens with zero attached hydrogens (tertiary/aromatic N) is 2. The first-order valence-electron chi connectivity index (χ1n) is 8.46. The molecule has 0 N–H and O–H groups in total. The molecule has 4 aliphatic rings. The Hall–Kier alpha value is -2.80. The number of benzene rings is 2. The van der Waals surface area contributed by atoms with Gasteiger partial charge in [-0.15, -0.1) is 0 Å². The Morgan fingerprint density at radius 1 is 1.12 bits per heavy atom. The number of anilines is 1. The molecule has 0 aromatic heterocycles. The van der Waals surface area contributed by atoms with Crippen LogP contribution in [0.5, 0.6) is 0 Å². The smallest absolute Gasteiger partial charge is 0.182 e. The van der Waals surface area contributed by atoms with Crippen LogP contribution in [0.2, 0.25) is 0 Å². The molecule has 1 aromatic rings. The molecular weight excluding hydrogens is 300 g/mol. The summed E-state index contributed by atoms with van der Waals surface area (Å²) in [6.07, 6.45) is 4.27. The van der Waals surface area contributed by atoms with E-state index in [1.807, 2.05) is 0 Å². The van der Waals surface area contributed by atoms with Crippen LogP contribution < -0.4 is 10.3 Å². The number of hydrogen-bond donors (Lipinski definition) is 0. The molecule has 0 saturated heterocycles. The highest BCUT2D eigenvalue weighted by molar-refractivity contribution is 5.96. The SMILES string of the molecule is N#Cc1c2ccc(=O)cc-2oc2c3c4c(cc12)CCCN4CCC3. The average Bonchev–Trinajstić information content (AvgIpc) is 2.60. The van der Waals surface area contributed by atoms with Crippen LogP contribution in [0.25, 0.3) is 22.3 Å². The topological polar surface area (TPSA) is 57.2 Å². The molecule has 0 atom stereocenters. The largest absolute Gasteiger partial charge is 0.455 e. The first-order valence-corrected chi connectivity index (χ1v) is 8.46. The summed E-state index contributed by atoms with van der Waals surface area (Å²) in [5.41, 5.74) is 5.88. The minimum absolute atomic E-state index is 0.0947. The molecule has 0 saturated carbocycles. The van der Waals surface area contributed by atoms with Gasteiger partial charge in [-0.05, 0) is 49.4 Å². The van der Waals surface area contributed by atoms with Crippen molar-refractivity contribution in [1.29, 1.82) is 5.26 Å². The number of rotatable bonds is 0. The predicted molar refractivity (Wildman–Crippen MR) is 92.7 cm³/mol. The average molecular weight is 316 g/mol. The van der Waals surface area contributed by atoms with E-state index < -0.39 is 0 Å². The number of fused-ring (bicyclic) bond motifs is 3. The van der Waals surface area contributed by atoms with Gasteiger partial charge in [-0.3, -0.25) is 4.79 Å². The molecule has 0 radical (unpaired) electrons. The van der Waals surface area contributed by atoms with Crippen molar-refractivity contribution >= 4 is 16.7 Å². The van der Waals surface area contributed by atoms with Crippen LogP contribution >= 0.6 is 0 Å². The van der Waals surface area contributed by atoms with Gasteiger partial charge in [-0.1, -0.05) is 0 Å². The van der Waals surface area contributed by atoms with Gasteiger partial charge >= 0.3 is 0 Å². The number of aryl methyl sites for hydroxylation is 2. The molecule has 0 amide bonds. The molecule has 3 aliphatic heterocycles. The highest BCUT2D eigenvalue weighted by atomic mass is 16.3. The summed E-state index contributed by atoms with van der Waals surface area (Å²) in [5, 5.41) is 10.6. The standard InChI is InChI=1S/C20H16N2O2/c21-11-17-14-6-5-13(23)10-18(14)24-20-15-4-2-8-22-7-1-3-12(19(15)22)9-16(17)20/h5-6,9-10H,1-4,7-8H2. The third-order valence-corrected chi connectivity index (χ3v) is 5.29. The van der Waals surface area contributed by atoms with Crippen molar-refractivity contribution in [3.05, 3.63) is 51.2 Å². The van der Waals surface area contributed by atoms with E-state index in [9.17, 15) is 10.1 Å². The summed E-state index contributed by atoms with van der Waals surface area (Å²) in [6, 6.07) is 9.17. The molecule has 0 bridgehead atoms. The third kappa shape index (κ3) is 1.75. The molecule has 1 aromatic carbocycles. The van der Waals surface area contributed by atoms with Gasteiger partial charge in [0.15, 0.2) is 5.43 Å².